The average Bonchev–Trinajstić information content (AvgIpc) is 1.63. The zero-order chi connectivity index (χ0) is 111. The van der Waals surface area contributed by atoms with Crippen LogP contribution in [0.1, 0.15) is 254 Å². The van der Waals surface area contributed by atoms with Crippen LogP contribution >= 0.6 is 0 Å². The molecule has 11 N–H and O–H groups in total. The largest absolute Gasteiger partial charge is 0.480 e. The highest BCUT2D eigenvalue weighted by atomic mass is 16.6. The number of amidine groups is 1. The van der Waals surface area contributed by atoms with Crippen LogP contribution in [0, 0.1) is 22.1 Å². The number of hydrogen-bond acceptors (Lipinski definition) is 26. The van der Waals surface area contributed by atoms with Crippen molar-refractivity contribution in [3.8, 4) is 6.07 Å². The van der Waals surface area contributed by atoms with E-state index in [1.807, 2.05) is 141 Å². The highest BCUT2D eigenvalue weighted by Crippen LogP contribution is 2.40. The number of hydrogen-bond donors (Lipinski definition) is 10. The van der Waals surface area contributed by atoms with E-state index in [1.165, 1.54) is 35.6 Å². The highest BCUT2D eigenvalue weighted by Gasteiger charge is 2.53. The molecule has 12 aliphatic heterocycles. The average molecular weight is 2070 g/mol. The van der Waals surface area contributed by atoms with Crippen LogP contribution in [-0.4, -0.2) is 354 Å². The summed E-state index contributed by atoms with van der Waals surface area (Å²) in [4.78, 5) is 177. The van der Waals surface area contributed by atoms with E-state index in [1.54, 1.807) is 94.4 Å². The molecule has 6 spiro atoms. The van der Waals surface area contributed by atoms with Gasteiger partial charge in [-0.05, 0) is 85.2 Å². The number of piperidine rings is 6. The fourth-order valence-corrected chi connectivity index (χ4v) is 18.0. The van der Waals surface area contributed by atoms with Crippen LogP contribution < -0.4 is 16.4 Å². The maximum Gasteiger partial charge on any atom is 0.411 e. The maximum absolute atomic E-state index is 12.6. The summed E-state index contributed by atoms with van der Waals surface area (Å²) < 4.78 is 32.5. The summed E-state index contributed by atoms with van der Waals surface area (Å²) in [6, 6.07) is 42.7. The van der Waals surface area contributed by atoms with Crippen LogP contribution in [0.25, 0.3) is 0 Å². The number of nitriles is 1. The van der Waals surface area contributed by atoms with E-state index in [0.717, 1.165) is 96.4 Å². The standard InChI is InChI=1S/C18H21N3O5.C17H20N4O5.C17H17N3O5.C16H20N2O4.C14H18N2O2.C9H14N2O4.8C2H6/c1-12(19)13-2-4-14(5-3-13)16(24)20-8-6-18(7-9-20)11-21(10-15(22)23)17(25)26-18;18-14(19)11-1-3-12(4-2-11)15(24)20-7-5-17(6-8-20)10-21(9-13(22)23)16(25)26-17;18-9-12-1-3-13(4-2-12)15(23)19-7-5-17(6-8-19)11-20(10-14(21)22)16(24)25-17;19-14(20)11-18-12-16(22-15(18)21)6-8-17(9-7-16)10-13-4-2-1-3-5-13;17-13-15-11-14(18-13)6-8-16(9-7-14)10-12-4-2-1-3-5-12;12-7(13)5-11-6-9(15-8(11)14)1-3-10-4-2-9;8*1-2/h2-5,19H,6-11H2,1H3,(H,22,23);1-4H,5-10H2,(H3,18,19)(H,22,23);1-4H,5-8,10-11H2,(H,21,22);1-5H,6-12H2,(H,19,20);1-5H,6-11H2,(H,15,17);10H,1-6H2,(H,12,13);8*1-2H3. The third kappa shape index (κ3) is 37.7. The molecular weight excluding hydrogens is 1910 g/mol. The van der Waals surface area contributed by atoms with E-state index in [2.05, 4.69) is 56.8 Å². The molecule has 0 atom stereocenters. The Morgan fingerprint density at radius 2 is 0.574 bits per heavy atom. The molecular formula is C107H158N16O25. The third-order valence-corrected chi connectivity index (χ3v) is 25.4. The van der Waals surface area contributed by atoms with Crippen molar-refractivity contribution in [3.63, 3.8) is 0 Å². The number of nitrogens with one attached hydrogen (secondary N) is 4. The number of amides is 9. The zero-order valence-electron chi connectivity index (χ0n) is 89.3. The molecule has 816 valence electrons. The van der Waals surface area contributed by atoms with Gasteiger partial charge in [0.05, 0.1) is 50.9 Å². The molecule has 0 saturated carbocycles. The summed E-state index contributed by atoms with van der Waals surface area (Å²) in [6.07, 6.45) is 4.61. The van der Waals surface area contributed by atoms with Crippen molar-refractivity contribution < 1.29 is 121 Å². The van der Waals surface area contributed by atoms with Crippen molar-refractivity contribution in [2.24, 2.45) is 5.73 Å². The van der Waals surface area contributed by atoms with Crippen LogP contribution in [0.2, 0.25) is 0 Å². The number of benzene rings is 5. The Balaban J connectivity index is 0.000000362. The molecule has 17 rings (SSSR count). The minimum absolute atomic E-state index is 0.0575. The molecule has 5 aromatic rings. The van der Waals surface area contributed by atoms with Crippen molar-refractivity contribution in [1.29, 1.82) is 16.1 Å². The number of ether oxygens (including phenoxy) is 6. The number of nitrogen functional groups attached to an aromatic ring is 1. The van der Waals surface area contributed by atoms with Crippen LogP contribution in [0.5, 0.6) is 0 Å². The SMILES string of the molecule is CC.CC.CC.CC.CC.CC.CC.CC.CC(=N)c1ccc(C(=O)N2CCC3(CC2)CN(CC(=O)O)C(=O)O3)cc1.N#Cc1ccc(C(=O)N2CCC3(CC2)CN(CC(=O)O)C(=O)O3)cc1.N=C(N)c1ccc(C(=O)N2CCC3(CC2)CN(CC(=O)O)C(=O)O3)cc1.O=C(O)CN1CC2(CCN(Cc3ccccc3)CC2)OC1=O.O=C(O)CN1CC2(CCNCC2)OC1=O.O=C1NCC2(CCN(Cc3ccccc3)CC2)O1. The van der Waals surface area contributed by atoms with Gasteiger partial charge in [-0.3, -0.25) is 78.1 Å². The third-order valence-electron chi connectivity index (χ3n) is 25.4. The van der Waals surface area contributed by atoms with Crippen LogP contribution in [0.15, 0.2) is 133 Å². The number of carbonyl (C=O) groups excluding carboxylic acids is 9. The summed E-state index contributed by atoms with van der Waals surface area (Å²) in [6.45, 7) is 43.9. The molecule has 0 aliphatic carbocycles. The Morgan fingerprint density at radius 1 is 0.338 bits per heavy atom. The molecule has 5 aromatic carbocycles. The first-order valence-corrected chi connectivity index (χ1v) is 51.6. The normalized spacial score (nSPS) is 18.4. The van der Waals surface area contributed by atoms with Crippen LogP contribution in [-0.2, 0) is 65.5 Å². The Kier molecular flexibility index (Phi) is 53.6. The molecule has 0 radical (unpaired) electrons. The van der Waals surface area contributed by atoms with Crippen molar-refractivity contribution in [2.75, 3.05) is 151 Å². The predicted octanol–water partition coefficient (Wildman–Crippen LogP) is 14.3. The van der Waals surface area contributed by atoms with Gasteiger partial charge >= 0.3 is 66.4 Å². The van der Waals surface area contributed by atoms with Gasteiger partial charge in [-0.2, -0.15) is 5.26 Å². The number of carboxylic acid groups (broad SMARTS) is 5. The van der Waals surface area contributed by atoms with E-state index in [4.69, 9.17) is 75.8 Å². The van der Waals surface area contributed by atoms with Crippen LogP contribution in [0.3, 0.4) is 0 Å². The highest BCUT2D eigenvalue weighted by molar-refractivity contribution is 6.00. The van der Waals surface area contributed by atoms with E-state index in [0.29, 0.717) is 131 Å². The Bertz CT molecular complexity index is 4990. The van der Waals surface area contributed by atoms with Gasteiger partial charge in [0, 0.05) is 184 Å². The molecule has 9 amide bonds. The van der Waals surface area contributed by atoms with Gasteiger partial charge in [0.2, 0.25) is 0 Å². The fraction of sp³-hybridized carbons (Fsp3) is 0.561. The molecule has 0 bridgehead atoms. The summed E-state index contributed by atoms with van der Waals surface area (Å²) >= 11 is 0. The van der Waals surface area contributed by atoms with Gasteiger partial charge in [0.15, 0.2) is 0 Å². The van der Waals surface area contributed by atoms with E-state index in [9.17, 15) is 67.1 Å². The topological polar surface area (TPSA) is 549 Å². The van der Waals surface area contributed by atoms with Crippen molar-refractivity contribution in [2.45, 2.75) is 241 Å². The number of carboxylic acids is 5. The summed E-state index contributed by atoms with van der Waals surface area (Å²) in [7, 11) is 0. The monoisotopic (exact) mass is 2070 g/mol. The molecule has 12 aliphatic rings. The molecule has 12 fully saturated rings. The molecule has 0 aromatic heterocycles. The molecule has 12 heterocycles. The lowest BCUT2D eigenvalue weighted by molar-refractivity contribution is -0.138. The number of alkyl carbamates (subject to hydrolysis) is 1. The second-order valence-corrected chi connectivity index (χ2v) is 35.0. The first-order valence-electron chi connectivity index (χ1n) is 51.6. The van der Waals surface area contributed by atoms with Gasteiger partial charge in [-0.1, -0.05) is 196 Å². The van der Waals surface area contributed by atoms with Gasteiger partial charge in [0.25, 0.3) is 17.7 Å². The lowest BCUT2D eigenvalue weighted by Crippen LogP contribution is -2.49. The quantitative estimate of drug-likeness (QED) is 0.0208. The number of rotatable bonds is 19. The van der Waals surface area contributed by atoms with Gasteiger partial charge in [-0.15, -0.1) is 0 Å². The molecule has 41 heteroatoms. The molecule has 41 nitrogen and oxygen atoms in total. The second-order valence-electron chi connectivity index (χ2n) is 35.0. The van der Waals surface area contributed by atoms with Gasteiger partial charge < -0.3 is 90.4 Å². The van der Waals surface area contributed by atoms with Gasteiger partial charge in [-0.25, -0.2) is 28.8 Å². The number of likely N-dealkylation sites (tertiary alicyclic amines) is 5. The lowest BCUT2D eigenvalue weighted by atomic mass is 9.91. The van der Waals surface area contributed by atoms with Crippen molar-refractivity contribution in [1.82, 2.24) is 59.6 Å². The Hall–Kier alpha value is -14.0. The summed E-state index contributed by atoms with van der Waals surface area (Å²) in [5.41, 5.74) is 8.53. The molecule has 148 heavy (non-hydrogen) atoms. The lowest BCUT2D eigenvalue weighted by Gasteiger charge is -2.37. The second kappa shape index (κ2) is 62.9. The minimum atomic E-state index is -1.08. The first-order chi connectivity index (χ1) is 70.9. The van der Waals surface area contributed by atoms with E-state index >= 15 is 0 Å². The van der Waals surface area contributed by atoms with Crippen molar-refractivity contribution in [3.05, 3.63) is 178 Å². The van der Waals surface area contributed by atoms with Crippen molar-refractivity contribution >= 4 is 95.7 Å². The predicted molar refractivity (Wildman–Crippen MR) is 557 cm³/mol. The number of nitrogens with two attached hydrogens (primary N) is 1. The van der Waals surface area contributed by atoms with E-state index in [-0.39, 0.29) is 87.6 Å². The van der Waals surface area contributed by atoms with Crippen LogP contribution in [0.4, 0.5) is 28.8 Å². The first kappa shape index (κ1) is 126. The summed E-state index contributed by atoms with van der Waals surface area (Å²) in [5.74, 6) is -5.67. The smallest absolute Gasteiger partial charge is 0.411 e. The maximum atomic E-state index is 12.6. The number of aliphatic carboxylic acids is 5. The molecule has 0 unspecified atom stereocenters. The van der Waals surface area contributed by atoms with Gasteiger partial charge in [0.1, 0.15) is 72.2 Å². The fourth-order valence-electron chi connectivity index (χ4n) is 18.0. The zero-order valence-corrected chi connectivity index (χ0v) is 89.3. The number of carbonyl (C=O) groups is 14. The van der Waals surface area contributed by atoms with E-state index < -0.39 is 88.3 Å². The molecule has 12 saturated heterocycles. The summed E-state index contributed by atoms with van der Waals surface area (Å²) in [5, 5.41) is 73.7. The Labute approximate surface area is 869 Å². The minimum Gasteiger partial charge on any atom is -0.480 e. The number of nitrogens with zero attached hydrogens (tertiary/aromatic N) is 11. The Morgan fingerprint density at radius 3 is 0.811 bits per heavy atom.